The van der Waals surface area contributed by atoms with Crippen LogP contribution in [0.15, 0.2) is 53.0 Å². The summed E-state index contributed by atoms with van der Waals surface area (Å²) in [7, 11) is 1.63. The predicted octanol–water partition coefficient (Wildman–Crippen LogP) is 3.42. The molecule has 1 heterocycles. The minimum absolute atomic E-state index is 0.0970. The molecule has 126 valence electrons. The molecule has 0 N–H and O–H groups in total. The van der Waals surface area contributed by atoms with Gasteiger partial charge in [0.15, 0.2) is 0 Å². The van der Waals surface area contributed by atoms with E-state index in [9.17, 15) is 4.79 Å². The smallest absolute Gasteiger partial charge is 0.253 e. The van der Waals surface area contributed by atoms with Crippen molar-refractivity contribution >= 4 is 21.8 Å². The van der Waals surface area contributed by atoms with E-state index >= 15 is 0 Å². The number of rotatable bonds is 4. The molecule has 1 amide bonds. The quantitative estimate of drug-likeness (QED) is 0.804. The number of amides is 1. The highest BCUT2D eigenvalue weighted by Gasteiger charge is 2.22. The highest BCUT2D eigenvalue weighted by Crippen LogP contribution is 2.17. The normalized spacial score (nSPS) is 15.3. The Morgan fingerprint density at radius 3 is 2.42 bits per heavy atom. The van der Waals surface area contributed by atoms with Crippen LogP contribution < -0.4 is 4.74 Å². The van der Waals surface area contributed by atoms with Gasteiger partial charge in [0.1, 0.15) is 5.75 Å². The van der Waals surface area contributed by atoms with Gasteiger partial charge in [0.05, 0.1) is 7.11 Å². The molecule has 0 saturated carbocycles. The van der Waals surface area contributed by atoms with Crippen LogP contribution in [-0.4, -0.2) is 49.0 Å². The zero-order chi connectivity index (χ0) is 16.9. The Kier molecular flexibility index (Phi) is 5.53. The first-order chi connectivity index (χ1) is 11.7. The number of benzene rings is 2. The predicted molar refractivity (Wildman–Crippen MR) is 98.3 cm³/mol. The fraction of sp³-hybridized carbons (Fsp3) is 0.316. The molecule has 0 radical (unpaired) electrons. The third kappa shape index (κ3) is 4.16. The van der Waals surface area contributed by atoms with Crippen molar-refractivity contribution in [3.8, 4) is 5.75 Å². The minimum Gasteiger partial charge on any atom is -0.497 e. The Hall–Kier alpha value is -1.85. The Morgan fingerprint density at radius 1 is 1.08 bits per heavy atom. The molecule has 4 nitrogen and oxygen atoms in total. The van der Waals surface area contributed by atoms with Crippen LogP contribution >= 0.6 is 15.9 Å². The van der Waals surface area contributed by atoms with Crippen molar-refractivity contribution in [3.63, 3.8) is 0 Å². The second-order valence-corrected chi connectivity index (χ2v) is 6.84. The van der Waals surface area contributed by atoms with Crippen LogP contribution in [0.4, 0.5) is 0 Å². The maximum atomic E-state index is 12.6. The molecule has 1 fully saturated rings. The number of nitrogens with zero attached hydrogens (tertiary/aromatic N) is 2. The van der Waals surface area contributed by atoms with Gasteiger partial charge in [0, 0.05) is 42.8 Å². The van der Waals surface area contributed by atoms with E-state index in [0.29, 0.717) is 0 Å². The first-order valence-electron chi connectivity index (χ1n) is 8.06. The summed E-state index contributed by atoms with van der Waals surface area (Å²) >= 11 is 3.51. The van der Waals surface area contributed by atoms with Gasteiger partial charge in [-0.3, -0.25) is 9.69 Å². The number of methoxy groups -OCH3 is 1. The van der Waals surface area contributed by atoms with E-state index in [1.54, 1.807) is 7.11 Å². The molecule has 0 bridgehead atoms. The lowest BCUT2D eigenvalue weighted by atomic mass is 10.1. The van der Waals surface area contributed by atoms with Crippen LogP contribution in [0.1, 0.15) is 15.9 Å². The summed E-state index contributed by atoms with van der Waals surface area (Å²) in [4.78, 5) is 16.9. The fourth-order valence-corrected chi connectivity index (χ4v) is 3.37. The zero-order valence-electron chi connectivity index (χ0n) is 13.7. The lowest BCUT2D eigenvalue weighted by Crippen LogP contribution is -2.48. The summed E-state index contributed by atoms with van der Waals surface area (Å²) in [6.07, 6.45) is 0. The van der Waals surface area contributed by atoms with Crippen molar-refractivity contribution in [2.24, 2.45) is 0 Å². The molecule has 1 aliphatic heterocycles. The number of piperazine rings is 1. The Bertz CT molecular complexity index is 695. The van der Waals surface area contributed by atoms with E-state index < -0.39 is 0 Å². The van der Waals surface area contributed by atoms with Crippen molar-refractivity contribution in [1.82, 2.24) is 9.80 Å². The van der Waals surface area contributed by atoms with Crippen molar-refractivity contribution in [2.75, 3.05) is 33.3 Å². The highest BCUT2D eigenvalue weighted by molar-refractivity contribution is 9.10. The molecule has 3 rings (SSSR count). The summed E-state index contributed by atoms with van der Waals surface area (Å²) in [6.45, 7) is 4.24. The van der Waals surface area contributed by atoms with Gasteiger partial charge in [0.2, 0.25) is 0 Å². The van der Waals surface area contributed by atoms with Crippen LogP contribution in [0.2, 0.25) is 0 Å². The monoisotopic (exact) mass is 388 g/mol. The molecule has 0 aliphatic carbocycles. The van der Waals surface area contributed by atoms with Gasteiger partial charge in [-0.2, -0.15) is 0 Å². The van der Waals surface area contributed by atoms with E-state index in [1.807, 2.05) is 35.2 Å². The van der Waals surface area contributed by atoms with Crippen molar-refractivity contribution in [1.29, 1.82) is 0 Å². The van der Waals surface area contributed by atoms with Gasteiger partial charge in [-0.25, -0.2) is 0 Å². The molecule has 1 saturated heterocycles. The molecule has 2 aromatic carbocycles. The molecule has 2 aromatic rings. The Morgan fingerprint density at radius 2 is 1.79 bits per heavy atom. The molecular formula is C19H21BrN2O2. The molecule has 5 heteroatoms. The van der Waals surface area contributed by atoms with Gasteiger partial charge < -0.3 is 9.64 Å². The maximum absolute atomic E-state index is 12.6. The maximum Gasteiger partial charge on any atom is 0.253 e. The van der Waals surface area contributed by atoms with Crippen LogP contribution in [0, 0.1) is 0 Å². The third-order valence-electron chi connectivity index (χ3n) is 4.29. The Labute approximate surface area is 151 Å². The van der Waals surface area contributed by atoms with E-state index in [1.165, 1.54) is 5.56 Å². The number of ether oxygens (including phenoxy) is 1. The van der Waals surface area contributed by atoms with Gasteiger partial charge in [0.25, 0.3) is 5.91 Å². The number of hydrogen-bond donors (Lipinski definition) is 0. The number of halogens is 1. The van der Waals surface area contributed by atoms with Gasteiger partial charge in [-0.15, -0.1) is 0 Å². The van der Waals surface area contributed by atoms with E-state index in [0.717, 1.165) is 48.5 Å². The second-order valence-electron chi connectivity index (χ2n) is 5.93. The van der Waals surface area contributed by atoms with Gasteiger partial charge in [-0.1, -0.05) is 28.1 Å². The summed E-state index contributed by atoms with van der Waals surface area (Å²) in [5, 5.41) is 0. The average molecular weight is 389 g/mol. The standard InChI is InChI=1S/C19H21BrN2O2/c1-24-18-7-5-16(6-8-18)19(23)22-11-9-21(10-12-22)14-15-3-2-4-17(20)13-15/h2-8,13H,9-12,14H2,1H3. The molecule has 0 aromatic heterocycles. The number of carbonyl (C=O) groups excluding carboxylic acids is 1. The first-order valence-corrected chi connectivity index (χ1v) is 8.85. The van der Waals surface area contributed by atoms with Crippen molar-refractivity contribution < 1.29 is 9.53 Å². The van der Waals surface area contributed by atoms with Crippen LogP contribution in [0.25, 0.3) is 0 Å². The van der Waals surface area contributed by atoms with Crippen LogP contribution in [-0.2, 0) is 6.54 Å². The largest absolute Gasteiger partial charge is 0.497 e. The Balaban J connectivity index is 1.55. The fourth-order valence-electron chi connectivity index (χ4n) is 2.92. The third-order valence-corrected chi connectivity index (χ3v) is 4.78. The molecule has 0 atom stereocenters. The SMILES string of the molecule is COc1ccc(C(=O)N2CCN(Cc3cccc(Br)c3)CC2)cc1. The summed E-state index contributed by atoms with van der Waals surface area (Å²) in [6, 6.07) is 15.7. The number of hydrogen-bond acceptors (Lipinski definition) is 3. The molecular weight excluding hydrogens is 368 g/mol. The second kappa shape index (κ2) is 7.81. The van der Waals surface area contributed by atoms with E-state index in [2.05, 4.69) is 39.0 Å². The van der Waals surface area contributed by atoms with Crippen LogP contribution in [0.5, 0.6) is 5.75 Å². The average Bonchev–Trinajstić information content (AvgIpc) is 2.62. The molecule has 1 aliphatic rings. The summed E-state index contributed by atoms with van der Waals surface area (Å²) in [5.41, 5.74) is 2.01. The van der Waals surface area contributed by atoms with Crippen molar-refractivity contribution in [2.45, 2.75) is 6.54 Å². The summed E-state index contributed by atoms with van der Waals surface area (Å²) < 4.78 is 6.24. The molecule has 0 spiro atoms. The topological polar surface area (TPSA) is 32.8 Å². The highest BCUT2D eigenvalue weighted by atomic mass is 79.9. The molecule has 0 unspecified atom stereocenters. The zero-order valence-corrected chi connectivity index (χ0v) is 15.3. The van der Waals surface area contributed by atoms with Crippen LogP contribution in [0.3, 0.4) is 0 Å². The minimum atomic E-state index is 0.0970. The first kappa shape index (κ1) is 17.0. The summed E-state index contributed by atoms with van der Waals surface area (Å²) in [5.74, 6) is 0.866. The number of carbonyl (C=O) groups is 1. The van der Waals surface area contributed by atoms with Crippen molar-refractivity contribution in [3.05, 3.63) is 64.1 Å². The lowest BCUT2D eigenvalue weighted by molar-refractivity contribution is 0.0628. The van der Waals surface area contributed by atoms with E-state index in [4.69, 9.17) is 4.74 Å². The van der Waals surface area contributed by atoms with E-state index in [-0.39, 0.29) is 5.91 Å². The van der Waals surface area contributed by atoms with Gasteiger partial charge >= 0.3 is 0 Å². The lowest BCUT2D eigenvalue weighted by Gasteiger charge is -2.34. The molecule has 24 heavy (non-hydrogen) atoms. The van der Waals surface area contributed by atoms with Gasteiger partial charge in [-0.05, 0) is 42.0 Å².